The van der Waals surface area contributed by atoms with Crippen LogP contribution >= 0.6 is 34.7 Å². The Hall–Kier alpha value is -1.83. The van der Waals surface area contributed by atoms with Crippen LogP contribution in [0.3, 0.4) is 0 Å². The van der Waals surface area contributed by atoms with Gasteiger partial charge < -0.3 is 9.15 Å². The average Bonchev–Trinajstić information content (AvgIpc) is 3.23. The Labute approximate surface area is 152 Å². The van der Waals surface area contributed by atoms with Crippen molar-refractivity contribution in [3.63, 3.8) is 0 Å². The minimum atomic E-state index is -0.0160. The summed E-state index contributed by atoms with van der Waals surface area (Å²) in [6, 6.07) is 10.8. The number of Topliss-reactive ketones (excluding diaryl/α,β-unsaturated/α-hetero) is 1. The monoisotopic (exact) mass is 380 g/mol. The summed E-state index contributed by atoms with van der Waals surface area (Å²) in [4.78, 5) is 12.7. The number of carbonyl (C=O) groups excluding carboxylic acids is 1. The van der Waals surface area contributed by atoms with Gasteiger partial charge >= 0.3 is 0 Å². The second-order valence-electron chi connectivity index (χ2n) is 4.65. The Balaban J connectivity index is 1.62. The van der Waals surface area contributed by atoms with Crippen molar-refractivity contribution < 1.29 is 13.9 Å². The first-order chi connectivity index (χ1) is 11.7. The normalized spacial score (nSPS) is 10.8. The third-order valence-electron chi connectivity index (χ3n) is 2.99. The number of benzene rings is 1. The fourth-order valence-electron chi connectivity index (χ4n) is 1.91. The minimum absolute atomic E-state index is 0.0160. The molecule has 0 spiro atoms. The number of halogens is 1. The number of ether oxygens (including phenoxy) is 1. The smallest absolute Gasteiger partial charge is 0.277 e. The van der Waals surface area contributed by atoms with E-state index < -0.39 is 0 Å². The molecule has 0 radical (unpaired) electrons. The van der Waals surface area contributed by atoms with Crippen LogP contribution in [0, 0.1) is 0 Å². The number of rotatable bonds is 7. The second-order valence-corrected chi connectivity index (χ2v) is 7.29. The number of nitrogens with zero attached hydrogens (tertiary/aromatic N) is 2. The molecular formula is C16H13ClN2O3S2. The average molecular weight is 381 g/mol. The predicted octanol–water partition coefficient (Wildman–Crippen LogP) is 4.83. The summed E-state index contributed by atoms with van der Waals surface area (Å²) in [5.74, 6) is 1.40. The van der Waals surface area contributed by atoms with Crippen molar-refractivity contribution in [3.8, 4) is 17.2 Å². The maximum atomic E-state index is 12.0. The van der Waals surface area contributed by atoms with Crippen LogP contribution < -0.4 is 4.74 Å². The van der Waals surface area contributed by atoms with Gasteiger partial charge in [0.2, 0.25) is 5.89 Å². The van der Waals surface area contributed by atoms with E-state index in [2.05, 4.69) is 10.2 Å². The molecule has 124 valence electrons. The highest BCUT2D eigenvalue weighted by molar-refractivity contribution is 7.99. The molecule has 0 aliphatic carbocycles. The molecule has 0 unspecified atom stereocenters. The molecule has 0 aliphatic heterocycles. The van der Waals surface area contributed by atoms with Crippen molar-refractivity contribution >= 4 is 40.5 Å². The summed E-state index contributed by atoms with van der Waals surface area (Å²) in [7, 11) is 0. The lowest BCUT2D eigenvalue weighted by Gasteiger charge is -2.02. The number of ketones is 1. The van der Waals surface area contributed by atoms with E-state index >= 15 is 0 Å². The summed E-state index contributed by atoms with van der Waals surface area (Å²) in [6.07, 6.45) is 0. The highest BCUT2D eigenvalue weighted by atomic mass is 35.5. The largest absolute Gasteiger partial charge is 0.494 e. The number of thiophene rings is 1. The molecule has 0 fully saturated rings. The minimum Gasteiger partial charge on any atom is -0.494 e. The second kappa shape index (κ2) is 7.83. The van der Waals surface area contributed by atoms with Gasteiger partial charge in [-0.1, -0.05) is 23.4 Å². The van der Waals surface area contributed by atoms with Gasteiger partial charge in [-0.15, -0.1) is 21.5 Å². The number of hydrogen-bond donors (Lipinski definition) is 0. The van der Waals surface area contributed by atoms with Crippen LogP contribution in [0.15, 0.2) is 46.0 Å². The summed E-state index contributed by atoms with van der Waals surface area (Å²) in [6.45, 7) is 2.55. The van der Waals surface area contributed by atoms with Crippen molar-refractivity contribution in [3.05, 3.63) is 45.6 Å². The zero-order chi connectivity index (χ0) is 16.9. The highest BCUT2D eigenvalue weighted by Gasteiger charge is 2.14. The fraction of sp³-hybridized carbons (Fsp3) is 0.188. The van der Waals surface area contributed by atoms with Gasteiger partial charge in [-0.25, -0.2) is 0 Å². The van der Waals surface area contributed by atoms with E-state index in [1.165, 1.54) is 23.1 Å². The van der Waals surface area contributed by atoms with Gasteiger partial charge in [0, 0.05) is 5.56 Å². The molecule has 5 nitrogen and oxygen atoms in total. The van der Waals surface area contributed by atoms with Crippen LogP contribution in [0.25, 0.3) is 11.5 Å². The molecule has 0 atom stereocenters. The summed E-state index contributed by atoms with van der Waals surface area (Å²) >= 11 is 8.30. The molecular weight excluding hydrogens is 368 g/mol. The number of thioether (sulfide) groups is 1. The Morgan fingerprint density at radius 2 is 2.04 bits per heavy atom. The van der Waals surface area contributed by atoms with Gasteiger partial charge in [-0.3, -0.25) is 4.79 Å². The van der Waals surface area contributed by atoms with E-state index in [9.17, 15) is 4.79 Å². The maximum absolute atomic E-state index is 12.0. The van der Waals surface area contributed by atoms with E-state index in [0.717, 1.165) is 11.3 Å². The summed E-state index contributed by atoms with van der Waals surface area (Å²) < 4.78 is 11.6. The van der Waals surface area contributed by atoms with Crippen molar-refractivity contribution in [2.45, 2.75) is 12.1 Å². The molecule has 2 heterocycles. The standard InChI is InChI=1S/C16H13ClN2O3S2/c1-2-21-11-5-3-10(4-6-11)15-18-19-16(22-15)23-9-12(20)13-7-8-14(17)24-13/h3-8H,2,9H2,1H3. The zero-order valence-corrected chi connectivity index (χ0v) is 15.1. The molecule has 8 heteroatoms. The van der Waals surface area contributed by atoms with E-state index in [0.29, 0.717) is 26.9 Å². The third kappa shape index (κ3) is 4.17. The van der Waals surface area contributed by atoms with Gasteiger partial charge in [0.25, 0.3) is 5.22 Å². The topological polar surface area (TPSA) is 65.2 Å². The lowest BCUT2D eigenvalue weighted by molar-refractivity contribution is 0.102. The van der Waals surface area contributed by atoms with Gasteiger partial charge in [0.15, 0.2) is 5.78 Å². The highest BCUT2D eigenvalue weighted by Crippen LogP contribution is 2.27. The van der Waals surface area contributed by atoms with Crippen LogP contribution in [0.4, 0.5) is 0 Å². The first kappa shape index (κ1) is 17.0. The Kier molecular flexibility index (Phi) is 5.55. The molecule has 0 amide bonds. The predicted molar refractivity (Wildman–Crippen MR) is 95.3 cm³/mol. The van der Waals surface area contributed by atoms with Crippen molar-refractivity contribution in [2.75, 3.05) is 12.4 Å². The van der Waals surface area contributed by atoms with Crippen LogP contribution in [-0.4, -0.2) is 28.3 Å². The Bertz CT molecular complexity index is 830. The lowest BCUT2D eigenvalue weighted by atomic mass is 10.2. The molecule has 0 aliphatic rings. The van der Waals surface area contributed by atoms with Gasteiger partial charge in [-0.2, -0.15) is 0 Å². The Morgan fingerprint density at radius 3 is 2.71 bits per heavy atom. The molecule has 2 aromatic heterocycles. The van der Waals surface area contributed by atoms with Crippen LogP contribution in [-0.2, 0) is 0 Å². The molecule has 3 rings (SSSR count). The molecule has 24 heavy (non-hydrogen) atoms. The molecule has 0 bridgehead atoms. The third-order valence-corrected chi connectivity index (χ3v) is 5.08. The Morgan fingerprint density at radius 1 is 1.25 bits per heavy atom. The lowest BCUT2D eigenvalue weighted by Crippen LogP contribution is -1.98. The maximum Gasteiger partial charge on any atom is 0.277 e. The summed E-state index contributed by atoms with van der Waals surface area (Å²) in [5.41, 5.74) is 0.800. The quantitative estimate of drug-likeness (QED) is 0.432. The van der Waals surface area contributed by atoms with Gasteiger partial charge in [-0.05, 0) is 43.3 Å². The molecule has 0 saturated carbocycles. The number of hydrogen-bond acceptors (Lipinski definition) is 7. The van der Waals surface area contributed by atoms with Gasteiger partial charge in [0.05, 0.1) is 21.6 Å². The molecule has 0 saturated heterocycles. The molecule has 1 aromatic carbocycles. The van der Waals surface area contributed by atoms with E-state index in [-0.39, 0.29) is 11.5 Å². The summed E-state index contributed by atoms with van der Waals surface area (Å²) in [5, 5.41) is 8.33. The fourth-order valence-corrected chi connectivity index (χ4v) is 3.63. The van der Waals surface area contributed by atoms with Crippen LogP contribution in [0.2, 0.25) is 4.34 Å². The zero-order valence-electron chi connectivity index (χ0n) is 12.7. The number of aromatic nitrogens is 2. The molecule has 0 N–H and O–H groups in total. The van der Waals surface area contributed by atoms with Crippen LogP contribution in [0.1, 0.15) is 16.6 Å². The van der Waals surface area contributed by atoms with E-state index in [1.54, 1.807) is 12.1 Å². The SMILES string of the molecule is CCOc1ccc(-c2nnc(SCC(=O)c3ccc(Cl)s3)o2)cc1. The first-order valence-corrected chi connectivity index (χ1v) is 9.32. The van der Waals surface area contributed by atoms with Gasteiger partial charge in [0.1, 0.15) is 5.75 Å². The van der Waals surface area contributed by atoms with Crippen molar-refractivity contribution in [1.82, 2.24) is 10.2 Å². The van der Waals surface area contributed by atoms with E-state index in [4.69, 9.17) is 20.8 Å². The first-order valence-electron chi connectivity index (χ1n) is 7.14. The van der Waals surface area contributed by atoms with E-state index in [1.807, 2.05) is 31.2 Å². The molecule has 3 aromatic rings. The van der Waals surface area contributed by atoms with Crippen molar-refractivity contribution in [2.24, 2.45) is 0 Å². The number of carbonyl (C=O) groups is 1. The van der Waals surface area contributed by atoms with Crippen LogP contribution in [0.5, 0.6) is 5.75 Å². The van der Waals surface area contributed by atoms with Crippen molar-refractivity contribution in [1.29, 1.82) is 0 Å².